The Morgan fingerprint density at radius 2 is 2.00 bits per heavy atom. The number of nitrogens with two attached hydrogens (primary N) is 1. The molecule has 5 atom stereocenters. The predicted octanol–water partition coefficient (Wildman–Crippen LogP) is -2.35. The van der Waals surface area contributed by atoms with E-state index in [1.807, 2.05) is 0 Å². The zero-order valence-corrected chi connectivity index (χ0v) is 8.04. The molecule has 0 bridgehead atoms. The van der Waals surface area contributed by atoms with Gasteiger partial charge in [-0.15, -0.1) is 0 Å². The van der Waals surface area contributed by atoms with Crippen LogP contribution in [0.15, 0.2) is 0 Å². The summed E-state index contributed by atoms with van der Waals surface area (Å²) in [4.78, 5) is 0. The van der Waals surface area contributed by atoms with Gasteiger partial charge in [-0.05, 0) is 0 Å². The van der Waals surface area contributed by atoms with Crippen molar-refractivity contribution in [2.24, 2.45) is 11.7 Å². The molecule has 1 aliphatic heterocycles. The van der Waals surface area contributed by atoms with E-state index in [9.17, 15) is 10.2 Å². The molecule has 6 heteroatoms. The quantitative estimate of drug-likeness (QED) is 0.413. The Labute approximate surface area is 82.2 Å². The molecule has 0 radical (unpaired) electrons. The Bertz CT molecular complexity index is 177. The van der Waals surface area contributed by atoms with Gasteiger partial charge in [-0.2, -0.15) is 0 Å². The molecule has 0 aromatic heterocycles. The normalized spacial score (nSPS) is 43.9. The van der Waals surface area contributed by atoms with E-state index in [0.29, 0.717) is 0 Å². The van der Waals surface area contributed by atoms with Crippen molar-refractivity contribution in [1.29, 1.82) is 0 Å². The second kappa shape index (κ2) is 5.01. The van der Waals surface area contributed by atoms with Gasteiger partial charge in [-0.1, -0.05) is 0 Å². The van der Waals surface area contributed by atoms with Crippen molar-refractivity contribution < 1.29 is 24.8 Å². The molecule has 1 fully saturated rings. The predicted molar refractivity (Wildman–Crippen MR) is 47.3 cm³/mol. The summed E-state index contributed by atoms with van der Waals surface area (Å²) in [5, 5.41) is 28.0. The maximum atomic E-state index is 9.64. The first-order valence-electron chi connectivity index (χ1n) is 4.51. The monoisotopic (exact) mass is 207 g/mol. The van der Waals surface area contributed by atoms with E-state index in [1.165, 1.54) is 7.11 Å². The van der Waals surface area contributed by atoms with Crippen LogP contribution in [0.2, 0.25) is 0 Å². The summed E-state index contributed by atoms with van der Waals surface area (Å²) in [6.45, 7) is -0.218. The van der Waals surface area contributed by atoms with Gasteiger partial charge in [-0.3, -0.25) is 0 Å². The smallest absolute Gasteiger partial charge is 0.164 e. The van der Waals surface area contributed by atoms with E-state index in [-0.39, 0.29) is 13.2 Å². The molecular formula is C8H17NO5. The highest BCUT2D eigenvalue weighted by atomic mass is 16.7. The van der Waals surface area contributed by atoms with Gasteiger partial charge in [0, 0.05) is 13.7 Å². The van der Waals surface area contributed by atoms with E-state index in [4.69, 9.17) is 20.3 Å². The highest BCUT2D eigenvalue weighted by molar-refractivity contribution is 4.89. The van der Waals surface area contributed by atoms with Crippen molar-refractivity contribution in [3.63, 3.8) is 0 Å². The van der Waals surface area contributed by atoms with Crippen LogP contribution in [0.3, 0.4) is 0 Å². The third kappa shape index (κ3) is 2.05. The van der Waals surface area contributed by atoms with Crippen molar-refractivity contribution in [2.75, 3.05) is 20.3 Å². The Morgan fingerprint density at radius 3 is 2.43 bits per heavy atom. The number of hydrogen-bond acceptors (Lipinski definition) is 6. The Kier molecular flexibility index (Phi) is 4.24. The molecule has 1 heterocycles. The first kappa shape index (κ1) is 11.8. The van der Waals surface area contributed by atoms with Crippen LogP contribution in [0, 0.1) is 5.92 Å². The molecule has 5 N–H and O–H groups in total. The molecule has 1 rings (SSSR count). The lowest BCUT2D eigenvalue weighted by Gasteiger charge is -2.41. The number of aliphatic hydroxyl groups is 3. The molecule has 84 valence electrons. The van der Waals surface area contributed by atoms with Gasteiger partial charge >= 0.3 is 0 Å². The summed E-state index contributed by atoms with van der Waals surface area (Å²) in [6, 6.07) is 0. The fourth-order valence-electron chi connectivity index (χ4n) is 1.62. The van der Waals surface area contributed by atoms with Gasteiger partial charge in [0.15, 0.2) is 6.29 Å². The lowest BCUT2D eigenvalue weighted by atomic mass is 9.91. The lowest BCUT2D eigenvalue weighted by molar-refractivity contribution is -0.276. The van der Waals surface area contributed by atoms with Crippen LogP contribution < -0.4 is 5.73 Å². The molecule has 0 saturated carbocycles. The third-order valence-electron chi connectivity index (χ3n) is 2.51. The van der Waals surface area contributed by atoms with Crippen molar-refractivity contribution in [1.82, 2.24) is 0 Å². The van der Waals surface area contributed by atoms with Crippen LogP contribution in [0.25, 0.3) is 0 Å². The second-order valence-electron chi connectivity index (χ2n) is 3.34. The molecule has 5 unspecified atom stereocenters. The molecule has 0 aromatic rings. The van der Waals surface area contributed by atoms with Crippen LogP contribution >= 0.6 is 0 Å². The van der Waals surface area contributed by atoms with Gasteiger partial charge in [0.1, 0.15) is 12.2 Å². The van der Waals surface area contributed by atoms with Crippen LogP contribution in [-0.2, 0) is 9.47 Å². The molecule has 0 spiro atoms. The molecule has 6 nitrogen and oxygen atoms in total. The van der Waals surface area contributed by atoms with Crippen molar-refractivity contribution in [3.05, 3.63) is 0 Å². The minimum atomic E-state index is -1.13. The summed E-state index contributed by atoms with van der Waals surface area (Å²) >= 11 is 0. The maximum Gasteiger partial charge on any atom is 0.164 e. The summed E-state index contributed by atoms with van der Waals surface area (Å²) in [7, 11) is 1.42. The Morgan fingerprint density at radius 1 is 1.36 bits per heavy atom. The summed E-state index contributed by atoms with van der Waals surface area (Å²) in [6.07, 6.45) is -3.66. The first-order chi connectivity index (χ1) is 6.65. The summed E-state index contributed by atoms with van der Waals surface area (Å²) in [5.41, 5.74) is 5.42. The zero-order chi connectivity index (χ0) is 10.7. The van der Waals surface area contributed by atoms with Crippen LogP contribution in [0.5, 0.6) is 0 Å². The summed E-state index contributed by atoms with van der Waals surface area (Å²) < 4.78 is 10.2. The van der Waals surface area contributed by atoms with E-state index in [2.05, 4.69) is 0 Å². The number of methoxy groups -OCH3 is 1. The molecule has 0 amide bonds. The lowest BCUT2D eigenvalue weighted by Crippen LogP contribution is -2.57. The van der Waals surface area contributed by atoms with Crippen LogP contribution in [0.4, 0.5) is 0 Å². The van der Waals surface area contributed by atoms with Gasteiger partial charge < -0.3 is 30.5 Å². The maximum absolute atomic E-state index is 9.64. The number of hydrogen-bond donors (Lipinski definition) is 4. The van der Waals surface area contributed by atoms with Crippen molar-refractivity contribution in [2.45, 2.75) is 24.6 Å². The largest absolute Gasteiger partial charge is 0.394 e. The average molecular weight is 207 g/mol. The van der Waals surface area contributed by atoms with Gasteiger partial charge in [-0.25, -0.2) is 0 Å². The van der Waals surface area contributed by atoms with E-state index in [0.717, 1.165) is 0 Å². The second-order valence-corrected chi connectivity index (χ2v) is 3.34. The zero-order valence-electron chi connectivity index (χ0n) is 8.04. The topological polar surface area (TPSA) is 105 Å². The SMILES string of the molecule is COC1OC(CO)C(O)C(O)C1CN. The van der Waals surface area contributed by atoms with E-state index >= 15 is 0 Å². The highest BCUT2D eigenvalue weighted by Gasteiger charge is 2.43. The first-order valence-corrected chi connectivity index (χ1v) is 4.51. The van der Waals surface area contributed by atoms with E-state index < -0.39 is 30.5 Å². The van der Waals surface area contributed by atoms with Crippen LogP contribution in [-0.4, -0.2) is 60.2 Å². The Balaban J connectivity index is 2.71. The molecule has 0 aromatic carbocycles. The van der Waals surface area contributed by atoms with Gasteiger partial charge in [0.25, 0.3) is 0 Å². The molecule has 1 saturated heterocycles. The highest BCUT2D eigenvalue weighted by Crippen LogP contribution is 2.25. The number of ether oxygens (including phenoxy) is 2. The molecule has 0 aliphatic carbocycles. The fourth-order valence-corrected chi connectivity index (χ4v) is 1.62. The van der Waals surface area contributed by atoms with E-state index in [1.54, 1.807) is 0 Å². The Hall–Kier alpha value is -0.240. The third-order valence-corrected chi connectivity index (χ3v) is 2.51. The molecule has 1 aliphatic rings. The van der Waals surface area contributed by atoms with Crippen LogP contribution in [0.1, 0.15) is 0 Å². The van der Waals surface area contributed by atoms with Gasteiger partial charge in [0.05, 0.1) is 18.6 Å². The molecule has 14 heavy (non-hydrogen) atoms. The number of rotatable bonds is 3. The fraction of sp³-hybridized carbons (Fsp3) is 1.00. The minimum Gasteiger partial charge on any atom is -0.394 e. The molecular weight excluding hydrogens is 190 g/mol. The van der Waals surface area contributed by atoms with Gasteiger partial charge in [0.2, 0.25) is 0 Å². The average Bonchev–Trinajstić information content (AvgIpc) is 2.21. The van der Waals surface area contributed by atoms with Crippen molar-refractivity contribution in [3.8, 4) is 0 Å². The van der Waals surface area contributed by atoms with Crippen molar-refractivity contribution >= 4 is 0 Å². The minimum absolute atomic E-state index is 0.148. The number of aliphatic hydroxyl groups excluding tert-OH is 3. The standard InChI is InChI=1S/C8H17NO5/c1-13-8-4(2-9)6(11)7(12)5(3-10)14-8/h4-8,10-12H,2-3,9H2,1H3. The summed E-state index contributed by atoms with van der Waals surface area (Å²) in [5.74, 6) is -0.474.